The van der Waals surface area contributed by atoms with E-state index < -0.39 is 11.7 Å². The van der Waals surface area contributed by atoms with Gasteiger partial charge in [-0.2, -0.15) is 18.2 Å². The molecule has 0 radical (unpaired) electrons. The summed E-state index contributed by atoms with van der Waals surface area (Å²) >= 11 is 6.08. The normalized spacial score (nSPS) is 16.6. The van der Waals surface area contributed by atoms with Gasteiger partial charge in [-0.25, -0.2) is 4.98 Å². The number of hydrogen-bond donors (Lipinski definition) is 0. The molecule has 144 valence electrons. The minimum Gasteiger partial charge on any atom is -0.424 e. The van der Waals surface area contributed by atoms with Crippen LogP contribution in [0.1, 0.15) is 16.8 Å². The second-order valence-corrected chi connectivity index (χ2v) is 6.55. The van der Waals surface area contributed by atoms with Crippen molar-refractivity contribution in [3.63, 3.8) is 0 Å². The van der Waals surface area contributed by atoms with Gasteiger partial charge in [-0.3, -0.25) is 9.79 Å². The number of hydrogen-bond acceptors (Lipinski definition) is 6. The fraction of sp³-hybridized carbons (Fsp3) is 0.222. The van der Waals surface area contributed by atoms with Gasteiger partial charge < -0.3 is 9.64 Å². The van der Waals surface area contributed by atoms with Gasteiger partial charge in [0.25, 0.3) is 0 Å². The summed E-state index contributed by atoms with van der Waals surface area (Å²) in [5.74, 6) is -0.644. The number of aliphatic imine (C=N–C) groups is 1. The zero-order chi connectivity index (χ0) is 19.9. The molecule has 0 saturated heterocycles. The van der Waals surface area contributed by atoms with Crippen LogP contribution in [0, 0.1) is 0 Å². The van der Waals surface area contributed by atoms with Crippen LogP contribution in [0.25, 0.3) is 0 Å². The van der Waals surface area contributed by atoms with Crippen LogP contribution in [0.15, 0.2) is 46.2 Å². The zero-order valence-corrected chi connectivity index (χ0v) is 15.0. The van der Waals surface area contributed by atoms with Crippen molar-refractivity contribution >= 4 is 23.6 Å². The average molecular weight is 409 g/mol. The molecule has 0 spiro atoms. The van der Waals surface area contributed by atoms with Crippen molar-refractivity contribution in [2.45, 2.75) is 19.3 Å². The van der Waals surface area contributed by atoms with Gasteiger partial charge >= 0.3 is 12.2 Å². The Morgan fingerprint density at radius 3 is 2.75 bits per heavy atom. The Hall–Kier alpha value is -2.94. The van der Waals surface area contributed by atoms with E-state index in [1.807, 2.05) is 0 Å². The van der Waals surface area contributed by atoms with Crippen LogP contribution in [0.3, 0.4) is 0 Å². The molecule has 0 N–H and O–H groups in total. The van der Waals surface area contributed by atoms with E-state index in [0.717, 1.165) is 11.6 Å². The monoisotopic (exact) mass is 408 g/mol. The maximum atomic E-state index is 13.1. The summed E-state index contributed by atoms with van der Waals surface area (Å²) in [7, 11) is 0. The fourth-order valence-electron chi connectivity index (χ4n) is 2.95. The van der Waals surface area contributed by atoms with Crippen LogP contribution in [0.2, 0.25) is 0 Å². The van der Waals surface area contributed by atoms with Crippen molar-refractivity contribution in [2.75, 3.05) is 6.54 Å². The highest BCUT2D eigenvalue weighted by Crippen LogP contribution is 2.37. The molecule has 2 aliphatic rings. The molecule has 6 nitrogen and oxygen atoms in total. The van der Waals surface area contributed by atoms with Crippen LogP contribution in [-0.4, -0.2) is 33.4 Å². The van der Waals surface area contributed by atoms with Gasteiger partial charge in [0.05, 0.1) is 23.5 Å². The molecule has 1 aromatic carbocycles. The number of rotatable bonds is 3. The summed E-state index contributed by atoms with van der Waals surface area (Å²) < 4.78 is 44.6. The SMILES string of the molecule is O=C1CN=CC(N2Cc3cnc(Oc4ccccc4C(F)(F)F)nc3C2)=C1Cl. The Morgan fingerprint density at radius 2 is 1.96 bits per heavy atom. The summed E-state index contributed by atoms with van der Waals surface area (Å²) in [6, 6.07) is 4.67. The molecule has 0 saturated carbocycles. The lowest BCUT2D eigenvalue weighted by atomic mass is 10.2. The largest absolute Gasteiger partial charge is 0.424 e. The highest BCUT2D eigenvalue weighted by atomic mass is 35.5. The molecule has 2 aliphatic heterocycles. The van der Waals surface area contributed by atoms with Crippen LogP contribution in [0.4, 0.5) is 13.2 Å². The molecule has 0 fully saturated rings. The summed E-state index contributed by atoms with van der Waals surface area (Å²) in [4.78, 5) is 25.7. The Labute approximate surface area is 162 Å². The summed E-state index contributed by atoms with van der Waals surface area (Å²) in [5, 5.41) is 0.103. The first kappa shape index (κ1) is 18.4. The van der Waals surface area contributed by atoms with E-state index >= 15 is 0 Å². The molecule has 0 aliphatic carbocycles. The van der Waals surface area contributed by atoms with Crippen LogP contribution in [0.5, 0.6) is 11.8 Å². The number of ketones is 1. The average Bonchev–Trinajstić information content (AvgIpc) is 3.06. The van der Waals surface area contributed by atoms with E-state index in [1.165, 1.54) is 30.6 Å². The quantitative estimate of drug-likeness (QED) is 0.774. The highest BCUT2D eigenvalue weighted by molar-refractivity contribution is 6.44. The minimum absolute atomic E-state index is 0.0134. The van der Waals surface area contributed by atoms with Crippen LogP contribution < -0.4 is 4.74 Å². The van der Waals surface area contributed by atoms with E-state index in [0.29, 0.717) is 24.5 Å². The van der Waals surface area contributed by atoms with Gasteiger partial charge in [0.2, 0.25) is 0 Å². The third-order valence-electron chi connectivity index (χ3n) is 4.29. The van der Waals surface area contributed by atoms with E-state index in [-0.39, 0.29) is 29.1 Å². The number of halogens is 4. The van der Waals surface area contributed by atoms with Gasteiger partial charge in [0, 0.05) is 24.5 Å². The molecule has 0 amide bonds. The molecule has 1 aromatic heterocycles. The third-order valence-corrected chi connectivity index (χ3v) is 4.69. The molecule has 4 rings (SSSR count). The number of alkyl halides is 3. The first-order valence-corrected chi connectivity index (χ1v) is 8.57. The predicted molar refractivity (Wildman–Crippen MR) is 94.0 cm³/mol. The van der Waals surface area contributed by atoms with Crippen LogP contribution >= 0.6 is 11.6 Å². The van der Waals surface area contributed by atoms with Crippen molar-refractivity contribution in [2.24, 2.45) is 4.99 Å². The summed E-state index contributed by atoms with van der Waals surface area (Å²) in [5.41, 5.74) is 0.924. The first-order valence-electron chi connectivity index (χ1n) is 8.19. The van der Waals surface area contributed by atoms with E-state index in [4.69, 9.17) is 16.3 Å². The predicted octanol–water partition coefficient (Wildman–Crippen LogP) is 3.71. The number of ether oxygens (including phenoxy) is 1. The molecule has 0 atom stereocenters. The van der Waals surface area contributed by atoms with Gasteiger partial charge in [-0.15, -0.1) is 0 Å². The number of nitrogens with zero attached hydrogens (tertiary/aromatic N) is 4. The van der Waals surface area contributed by atoms with Crippen molar-refractivity contribution in [3.05, 3.63) is 58.0 Å². The fourth-order valence-corrected chi connectivity index (χ4v) is 3.18. The standard InChI is InChI=1S/C18H12ClF3N4O2/c19-16-13(6-23-7-14(16)27)26-8-10-5-24-17(25-12(10)9-26)28-15-4-2-1-3-11(15)18(20,21)22/h1-6H,7-9H2. The Morgan fingerprint density at radius 1 is 1.18 bits per heavy atom. The second-order valence-electron chi connectivity index (χ2n) is 6.17. The van der Waals surface area contributed by atoms with Crippen molar-refractivity contribution in [1.82, 2.24) is 14.9 Å². The van der Waals surface area contributed by atoms with Crippen LogP contribution in [-0.2, 0) is 24.1 Å². The number of para-hydroxylation sites is 1. The van der Waals surface area contributed by atoms with E-state index in [2.05, 4.69) is 15.0 Å². The number of aromatic nitrogens is 2. The number of dihydropyridines is 1. The number of fused-ring (bicyclic) bond motifs is 1. The third kappa shape index (κ3) is 3.45. The smallest absolute Gasteiger partial charge is 0.419 e. The number of carbonyl (C=O) groups excluding carboxylic acids is 1. The van der Waals surface area contributed by atoms with Gasteiger partial charge in [-0.1, -0.05) is 23.7 Å². The van der Waals surface area contributed by atoms with E-state index in [9.17, 15) is 18.0 Å². The summed E-state index contributed by atoms with van der Waals surface area (Å²) in [6.07, 6.45) is -1.54. The minimum atomic E-state index is -4.56. The lowest BCUT2D eigenvalue weighted by molar-refractivity contribution is -0.138. The Kier molecular flexibility index (Phi) is 4.54. The number of allylic oxidation sites excluding steroid dienone is 1. The van der Waals surface area contributed by atoms with Crippen molar-refractivity contribution < 1.29 is 22.7 Å². The Bertz CT molecular complexity index is 1020. The number of Topliss-reactive ketones (excluding diaryl/α,β-unsaturated/α-hetero) is 1. The molecular weight excluding hydrogens is 397 g/mol. The molecule has 0 bridgehead atoms. The van der Waals surface area contributed by atoms with Crippen molar-refractivity contribution in [3.8, 4) is 11.8 Å². The van der Waals surface area contributed by atoms with Gasteiger partial charge in [-0.05, 0) is 12.1 Å². The molecule has 3 heterocycles. The first-order chi connectivity index (χ1) is 13.3. The number of carbonyl (C=O) groups is 1. The molecular formula is C18H12ClF3N4O2. The zero-order valence-electron chi connectivity index (χ0n) is 14.2. The Balaban J connectivity index is 1.58. The lowest BCUT2D eigenvalue weighted by Gasteiger charge is -2.21. The molecule has 0 unspecified atom stereocenters. The second kappa shape index (κ2) is 6.90. The molecule has 10 heteroatoms. The van der Waals surface area contributed by atoms with E-state index in [1.54, 1.807) is 4.90 Å². The summed E-state index contributed by atoms with van der Waals surface area (Å²) in [6.45, 7) is 0.721. The van der Waals surface area contributed by atoms with Gasteiger partial charge in [0.1, 0.15) is 17.3 Å². The number of benzene rings is 1. The molecule has 28 heavy (non-hydrogen) atoms. The maximum Gasteiger partial charge on any atom is 0.419 e. The molecule has 2 aromatic rings. The van der Waals surface area contributed by atoms with Crippen molar-refractivity contribution in [1.29, 1.82) is 0 Å². The topological polar surface area (TPSA) is 67.7 Å². The maximum absolute atomic E-state index is 13.1. The van der Waals surface area contributed by atoms with Gasteiger partial charge in [0.15, 0.2) is 5.78 Å². The highest BCUT2D eigenvalue weighted by Gasteiger charge is 2.34. The lowest BCUT2D eigenvalue weighted by Crippen LogP contribution is -2.23.